The lowest BCUT2D eigenvalue weighted by molar-refractivity contribution is 0.303. The predicted molar refractivity (Wildman–Crippen MR) is 101 cm³/mol. The smallest absolute Gasteiger partial charge is 0.273 e. The number of ether oxygens (including phenoxy) is 1. The highest BCUT2D eigenvalue weighted by atomic mass is 79.9. The Morgan fingerprint density at radius 1 is 1.14 bits per heavy atom. The van der Waals surface area contributed by atoms with Gasteiger partial charge < -0.3 is 4.74 Å². The summed E-state index contributed by atoms with van der Waals surface area (Å²) in [5.41, 5.74) is -0.411. The van der Waals surface area contributed by atoms with Crippen LogP contribution in [-0.4, -0.2) is 4.57 Å². The topological polar surface area (TPSA) is 35.6 Å². The molecule has 28 heavy (non-hydrogen) atoms. The summed E-state index contributed by atoms with van der Waals surface area (Å²) < 4.78 is 47.9. The Morgan fingerprint density at radius 2 is 1.82 bits per heavy atom. The van der Waals surface area contributed by atoms with Gasteiger partial charge in [0.25, 0.3) is 5.56 Å². The summed E-state index contributed by atoms with van der Waals surface area (Å²) in [6.45, 7) is 8.53. The van der Waals surface area contributed by atoms with Gasteiger partial charge in [0.15, 0.2) is 5.69 Å². The number of pyridine rings is 1. The van der Waals surface area contributed by atoms with E-state index in [1.165, 1.54) is 31.2 Å². The highest BCUT2D eigenvalue weighted by Gasteiger charge is 2.19. The van der Waals surface area contributed by atoms with E-state index in [4.69, 9.17) is 11.3 Å². The Hall–Kier alpha value is -3.05. The van der Waals surface area contributed by atoms with Gasteiger partial charge in [0.1, 0.15) is 40.0 Å². The average Bonchev–Trinajstić information content (AvgIpc) is 2.66. The van der Waals surface area contributed by atoms with Crippen LogP contribution in [0.15, 0.2) is 51.7 Å². The van der Waals surface area contributed by atoms with Gasteiger partial charge in [-0.2, -0.15) is 0 Å². The minimum atomic E-state index is -0.876. The summed E-state index contributed by atoms with van der Waals surface area (Å²) in [5.74, 6) is -2.16. The molecule has 2 aromatic carbocycles. The summed E-state index contributed by atoms with van der Waals surface area (Å²) in [6, 6.07) is 8.47. The van der Waals surface area contributed by atoms with Crippen LogP contribution in [0.4, 0.5) is 18.9 Å². The molecule has 0 amide bonds. The first-order valence-electron chi connectivity index (χ1n) is 7.98. The lowest BCUT2D eigenvalue weighted by atomic mass is 10.2. The fraction of sp³-hybridized carbons (Fsp3) is 0.100. The first-order chi connectivity index (χ1) is 13.3. The van der Waals surface area contributed by atoms with E-state index in [1.54, 1.807) is 0 Å². The molecular weight excluding hydrogens is 437 g/mol. The van der Waals surface area contributed by atoms with Gasteiger partial charge in [-0.25, -0.2) is 18.0 Å². The van der Waals surface area contributed by atoms with Gasteiger partial charge in [0, 0.05) is 11.8 Å². The van der Waals surface area contributed by atoms with Crippen molar-refractivity contribution < 1.29 is 17.9 Å². The molecule has 0 spiro atoms. The second-order valence-electron chi connectivity index (χ2n) is 5.85. The van der Waals surface area contributed by atoms with Crippen molar-refractivity contribution in [1.29, 1.82) is 0 Å². The number of aryl methyl sites for hydroxylation is 1. The lowest BCUT2D eigenvalue weighted by Gasteiger charge is -2.16. The van der Waals surface area contributed by atoms with Crippen molar-refractivity contribution in [1.82, 2.24) is 4.57 Å². The number of nitrogens with zero attached hydrogens (tertiary/aromatic N) is 2. The molecule has 0 saturated carbocycles. The number of para-hydroxylation sites is 1. The average molecular weight is 449 g/mol. The van der Waals surface area contributed by atoms with E-state index in [0.29, 0.717) is 5.56 Å². The van der Waals surface area contributed by atoms with E-state index in [0.717, 1.165) is 22.8 Å². The molecular formula is C20H12BrF3N2O2. The molecule has 0 aliphatic carbocycles. The molecule has 3 aromatic rings. The van der Waals surface area contributed by atoms with Crippen molar-refractivity contribution in [3.8, 4) is 11.4 Å². The lowest BCUT2D eigenvalue weighted by Crippen LogP contribution is -2.24. The number of aromatic nitrogens is 1. The van der Waals surface area contributed by atoms with Crippen LogP contribution in [0, 0.1) is 30.9 Å². The normalized spacial score (nSPS) is 10.6. The highest BCUT2D eigenvalue weighted by Crippen LogP contribution is 2.28. The fourth-order valence-electron chi connectivity index (χ4n) is 2.69. The maximum atomic E-state index is 14.1. The van der Waals surface area contributed by atoms with E-state index < -0.39 is 28.7 Å². The van der Waals surface area contributed by atoms with E-state index in [2.05, 4.69) is 20.8 Å². The molecule has 1 heterocycles. The summed E-state index contributed by atoms with van der Waals surface area (Å²) >= 11 is 3.11. The van der Waals surface area contributed by atoms with Crippen molar-refractivity contribution in [3.63, 3.8) is 0 Å². The molecule has 0 atom stereocenters. The Labute approximate surface area is 166 Å². The van der Waals surface area contributed by atoms with E-state index in [-0.39, 0.29) is 28.2 Å². The molecule has 142 valence electrons. The van der Waals surface area contributed by atoms with Crippen molar-refractivity contribution in [2.45, 2.75) is 13.5 Å². The van der Waals surface area contributed by atoms with Crippen LogP contribution in [0.5, 0.6) is 5.75 Å². The van der Waals surface area contributed by atoms with Gasteiger partial charge >= 0.3 is 0 Å². The zero-order valence-electron chi connectivity index (χ0n) is 14.5. The molecule has 0 unspecified atom stereocenters. The van der Waals surface area contributed by atoms with Gasteiger partial charge in [0.05, 0.1) is 6.57 Å². The molecule has 4 nitrogen and oxygen atoms in total. The first kappa shape index (κ1) is 19.7. The molecule has 0 saturated heterocycles. The zero-order valence-corrected chi connectivity index (χ0v) is 16.1. The minimum Gasteiger partial charge on any atom is -0.489 e. The molecule has 0 fully saturated rings. The largest absolute Gasteiger partial charge is 0.489 e. The van der Waals surface area contributed by atoms with Crippen LogP contribution in [0.3, 0.4) is 0 Å². The van der Waals surface area contributed by atoms with Crippen LogP contribution in [0.25, 0.3) is 10.5 Å². The van der Waals surface area contributed by atoms with Crippen molar-refractivity contribution in [2.24, 2.45) is 0 Å². The van der Waals surface area contributed by atoms with Gasteiger partial charge in [0.2, 0.25) is 0 Å². The van der Waals surface area contributed by atoms with Crippen LogP contribution in [-0.2, 0) is 6.61 Å². The van der Waals surface area contributed by atoms with Gasteiger partial charge in [-0.1, -0.05) is 12.1 Å². The monoisotopic (exact) mass is 448 g/mol. The van der Waals surface area contributed by atoms with Gasteiger partial charge in [-0.05, 0) is 52.7 Å². The van der Waals surface area contributed by atoms with Crippen molar-refractivity contribution in [2.75, 3.05) is 0 Å². The fourth-order valence-corrected chi connectivity index (χ4v) is 3.09. The third-order valence-corrected chi connectivity index (χ3v) is 4.74. The first-order valence-corrected chi connectivity index (χ1v) is 8.78. The van der Waals surface area contributed by atoms with Crippen LogP contribution < -0.4 is 10.3 Å². The molecule has 1 aromatic heterocycles. The molecule has 0 aliphatic heterocycles. The van der Waals surface area contributed by atoms with Crippen LogP contribution in [0.2, 0.25) is 0 Å². The Kier molecular flexibility index (Phi) is 5.56. The SMILES string of the molecule is [C-]#[N+]c1cc(F)ccc1COc1cc(C)n(-c2c(F)cccc2F)c(=O)c1Br. The maximum Gasteiger partial charge on any atom is 0.273 e. The third-order valence-electron chi connectivity index (χ3n) is 4.01. The van der Waals surface area contributed by atoms with Gasteiger partial charge in [-0.3, -0.25) is 9.36 Å². The predicted octanol–water partition coefficient (Wildman–Crippen LogP) is 5.46. The van der Waals surface area contributed by atoms with E-state index >= 15 is 0 Å². The Bertz CT molecular complexity index is 1150. The standard InChI is InChI=1S/C20H12BrF3N2O2/c1-11-8-17(28-10-12-6-7-13(22)9-16(12)25-2)18(21)20(27)26(11)19-14(23)4-3-5-15(19)24/h3-9H,10H2,1H3. The third kappa shape index (κ3) is 3.66. The van der Waals surface area contributed by atoms with Crippen LogP contribution in [0.1, 0.15) is 11.3 Å². The van der Waals surface area contributed by atoms with E-state index in [1.807, 2.05) is 0 Å². The Balaban J connectivity index is 2.00. The Morgan fingerprint density at radius 3 is 2.46 bits per heavy atom. The summed E-state index contributed by atoms with van der Waals surface area (Å²) in [7, 11) is 0. The molecule has 0 aliphatic rings. The second-order valence-corrected chi connectivity index (χ2v) is 6.64. The number of halogens is 4. The minimum absolute atomic E-state index is 0.0350. The summed E-state index contributed by atoms with van der Waals surface area (Å²) in [4.78, 5) is 15.9. The number of hydrogen-bond donors (Lipinski definition) is 0. The molecule has 0 bridgehead atoms. The summed E-state index contributed by atoms with van der Waals surface area (Å²) in [6.07, 6.45) is 0. The summed E-state index contributed by atoms with van der Waals surface area (Å²) in [5, 5.41) is 0. The molecule has 3 rings (SSSR count). The number of rotatable bonds is 4. The molecule has 0 N–H and O–H groups in total. The van der Waals surface area contributed by atoms with E-state index in [9.17, 15) is 18.0 Å². The van der Waals surface area contributed by atoms with Crippen molar-refractivity contribution >= 4 is 21.6 Å². The quantitative estimate of drug-likeness (QED) is 0.497. The molecule has 0 radical (unpaired) electrons. The highest BCUT2D eigenvalue weighted by molar-refractivity contribution is 9.10. The number of hydrogen-bond acceptors (Lipinski definition) is 2. The molecule has 8 heteroatoms. The van der Waals surface area contributed by atoms with Crippen LogP contribution >= 0.6 is 15.9 Å². The van der Waals surface area contributed by atoms with Crippen molar-refractivity contribution in [3.05, 3.63) is 97.4 Å². The van der Waals surface area contributed by atoms with Gasteiger partial charge in [-0.15, -0.1) is 0 Å². The maximum absolute atomic E-state index is 14.1. The zero-order chi connectivity index (χ0) is 20.4. The second kappa shape index (κ2) is 7.90. The number of benzene rings is 2.